The molecule has 0 spiro atoms. The third kappa shape index (κ3) is 7.82. The first-order valence-corrected chi connectivity index (χ1v) is 14.5. The monoisotopic (exact) mass is 515 g/mol. The fourth-order valence-corrected chi connectivity index (χ4v) is 5.26. The molecule has 0 bridgehead atoms. The Morgan fingerprint density at radius 3 is 2.25 bits per heavy atom. The Kier molecular flexibility index (Phi) is 11.0. The molecule has 2 aromatic carbocycles. The number of sulfonamides is 1. The highest BCUT2D eigenvalue weighted by molar-refractivity contribution is 7.92. The maximum atomic E-state index is 13.5. The standard InChI is InChI=1S/C28H41N3O4S/c1-7-18-29-28(33)25(8-2)30(20-24-15-10-9-13-22(24)4)27(32)17-12-19-31(36(6,34)35)26-16-11-14-21(3)23(26)5/h9-11,13-16,25H,7-8,12,17-20H2,1-6H3,(H,29,33). The van der Waals surface area contributed by atoms with Crippen molar-refractivity contribution in [2.24, 2.45) is 0 Å². The van der Waals surface area contributed by atoms with Crippen molar-refractivity contribution in [2.75, 3.05) is 23.7 Å². The first kappa shape index (κ1) is 29.4. The molecule has 0 saturated carbocycles. The van der Waals surface area contributed by atoms with E-state index < -0.39 is 16.1 Å². The number of carbonyl (C=O) groups is 2. The number of nitrogens with zero attached hydrogens (tertiary/aromatic N) is 2. The molecular weight excluding hydrogens is 474 g/mol. The summed E-state index contributed by atoms with van der Waals surface area (Å²) < 4.78 is 26.6. The lowest BCUT2D eigenvalue weighted by molar-refractivity contribution is -0.141. The topological polar surface area (TPSA) is 86.8 Å². The third-order valence-corrected chi connectivity index (χ3v) is 7.71. The SMILES string of the molecule is CCCNC(=O)C(CC)N(Cc1ccccc1C)C(=O)CCCN(c1cccc(C)c1C)S(C)(=O)=O. The minimum atomic E-state index is -3.53. The van der Waals surface area contributed by atoms with E-state index in [2.05, 4.69) is 5.32 Å². The summed E-state index contributed by atoms with van der Waals surface area (Å²) in [5.74, 6) is -0.319. The molecule has 2 aromatic rings. The van der Waals surface area contributed by atoms with Crippen LogP contribution in [0.15, 0.2) is 42.5 Å². The summed E-state index contributed by atoms with van der Waals surface area (Å²) in [6, 6.07) is 12.8. The van der Waals surface area contributed by atoms with Crippen LogP contribution < -0.4 is 9.62 Å². The fourth-order valence-electron chi connectivity index (χ4n) is 4.24. The van der Waals surface area contributed by atoms with Gasteiger partial charge in [0.25, 0.3) is 0 Å². The average molecular weight is 516 g/mol. The van der Waals surface area contributed by atoms with E-state index >= 15 is 0 Å². The Balaban J connectivity index is 2.25. The van der Waals surface area contributed by atoms with E-state index in [9.17, 15) is 18.0 Å². The molecule has 0 saturated heterocycles. The van der Waals surface area contributed by atoms with Gasteiger partial charge in [-0.05, 0) is 68.4 Å². The fraction of sp³-hybridized carbons (Fsp3) is 0.500. The molecular formula is C28H41N3O4S. The molecule has 7 nitrogen and oxygen atoms in total. The molecule has 1 unspecified atom stereocenters. The van der Waals surface area contributed by atoms with E-state index in [1.807, 2.05) is 71.0 Å². The third-order valence-electron chi connectivity index (χ3n) is 6.53. The van der Waals surface area contributed by atoms with Gasteiger partial charge in [0.15, 0.2) is 0 Å². The van der Waals surface area contributed by atoms with Gasteiger partial charge in [-0.2, -0.15) is 0 Å². The van der Waals surface area contributed by atoms with Crippen molar-refractivity contribution in [2.45, 2.75) is 72.9 Å². The minimum Gasteiger partial charge on any atom is -0.354 e. The predicted octanol–water partition coefficient (Wildman–Crippen LogP) is 4.49. The van der Waals surface area contributed by atoms with Gasteiger partial charge in [0.2, 0.25) is 21.8 Å². The second-order valence-electron chi connectivity index (χ2n) is 9.32. The van der Waals surface area contributed by atoms with Crippen molar-refractivity contribution in [3.63, 3.8) is 0 Å². The average Bonchev–Trinajstić information content (AvgIpc) is 2.82. The summed E-state index contributed by atoms with van der Waals surface area (Å²) in [7, 11) is -3.53. The predicted molar refractivity (Wildman–Crippen MR) is 146 cm³/mol. The van der Waals surface area contributed by atoms with Crippen molar-refractivity contribution in [3.8, 4) is 0 Å². The number of amides is 2. The quantitative estimate of drug-likeness (QED) is 0.426. The van der Waals surface area contributed by atoms with E-state index in [-0.39, 0.29) is 24.8 Å². The summed E-state index contributed by atoms with van der Waals surface area (Å²) in [5, 5.41) is 2.93. The van der Waals surface area contributed by atoms with Crippen molar-refractivity contribution < 1.29 is 18.0 Å². The van der Waals surface area contributed by atoms with Crippen LogP contribution >= 0.6 is 0 Å². The van der Waals surface area contributed by atoms with E-state index in [0.29, 0.717) is 31.6 Å². The van der Waals surface area contributed by atoms with Gasteiger partial charge in [-0.1, -0.05) is 50.2 Å². The van der Waals surface area contributed by atoms with Crippen LogP contribution in [-0.2, 0) is 26.2 Å². The van der Waals surface area contributed by atoms with Crippen molar-refractivity contribution >= 4 is 27.5 Å². The molecule has 8 heteroatoms. The molecule has 2 rings (SSSR count). The van der Waals surface area contributed by atoms with Crippen LogP contribution in [0, 0.1) is 20.8 Å². The van der Waals surface area contributed by atoms with Crippen LogP contribution in [0.5, 0.6) is 0 Å². The number of anilines is 1. The zero-order chi connectivity index (χ0) is 26.9. The summed E-state index contributed by atoms with van der Waals surface area (Å²) in [6.45, 7) is 10.8. The summed E-state index contributed by atoms with van der Waals surface area (Å²) in [5.41, 5.74) is 4.57. The van der Waals surface area contributed by atoms with E-state index in [0.717, 1.165) is 28.7 Å². The highest BCUT2D eigenvalue weighted by Crippen LogP contribution is 2.25. The number of carbonyl (C=O) groups excluding carboxylic acids is 2. The van der Waals surface area contributed by atoms with Gasteiger partial charge in [0.05, 0.1) is 11.9 Å². The largest absolute Gasteiger partial charge is 0.354 e. The van der Waals surface area contributed by atoms with E-state index in [4.69, 9.17) is 0 Å². The maximum Gasteiger partial charge on any atom is 0.242 e. The molecule has 198 valence electrons. The van der Waals surface area contributed by atoms with Crippen LogP contribution in [0.3, 0.4) is 0 Å². The van der Waals surface area contributed by atoms with Gasteiger partial charge in [0, 0.05) is 26.1 Å². The van der Waals surface area contributed by atoms with E-state index in [1.54, 1.807) is 11.0 Å². The van der Waals surface area contributed by atoms with Gasteiger partial charge in [-0.25, -0.2) is 8.42 Å². The number of aryl methyl sites for hydroxylation is 2. The zero-order valence-electron chi connectivity index (χ0n) is 22.5. The van der Waals surface area contributed by atoms with Gasteiger partial charge < -0.3 is 10.2 Å². The molecule has 36 heavy (non-hydrogen) atoms. The molecule has 1 atom stereocenters. The smallest absolute Gasteiger partial charge is 0.242 e. The van der Waals surface area contributed by atoms with Crippen molar-refractivity contribution in [3.05, 3.63) is 64.7 Å². The minimum absolute atomic E-state index is 0.139. The number of benzene rings is 2. The Morgan fingerprint density at radius 1 is 0.972 bits per heavy atom. The Hall–Kier alpha value is -2.87. The van der Waals surface area contributed by atoms with Gasteiger partial charge in [0.1, 0.15) is 6.04 Å². The normalized spacial score (nSPS) is 12.2. The Labute approximate surface area is 216 Å². The van der Waals surface area contributed by atoms with Crippen LogP contribution in [0.1, 0.15) is 61.8 Å². The van der Waals surface area contributed by atoms with Gasteiger partial charge in [-0.15, -0.1) is 0 Å². The molecule has 0 aliphatic rings. The lowest BCUT2D eigenvalue weighted by Crippen LogP contribution is -2.49. The Morgan fingerprint density at radius 2 is 1.64 bits per heavy atom. The second kappa shape index (κ2) is 13.4. The van der Waals surface area contributed by atoms with Crippen LogP contribution in [0.25, 0.3) is 0 Å². The molecule has 0 radical (unpaired) electrons. The van der Waals surface area contributed by atoms with E-state index in [1.165, 1.54) is 10.6 Å². The second-order valence-corrected chi connectivity index (χ2v) is 11.2. The molecule has 2 amide bonds. The Bertz CT molecular complexity index is 1150. The first-order valence-electron chi connectivity index (χ1n) is 12.7. The van der Waals surface area contributed by atoms with Crippen LogP contribution in [-0.4, -0.2) is 50.5 Å². The number of rotatable bonds is 13. The lowest BCUT2D eigenvalue weighted by atomic mass is 10.0. The molecule has 0 aliphatic heterocycles. The van der Waals surface area contributed by atoms with Gasteiger partial charge >= 0.3 is 0 Å². The lowest BCUT2D eigenvalue weighted by Gasteiger charge is -2.31. The molecule has 0 heterocycles. The molecule has 0 fully saturated rings. The highest BCUT2D eigenvalue weighted by atomic mass is 32.2. The van der Waals surface area contributed by atoms with Gasteiger partial charge in [-0.3, -0.25) is 13.9 Å². The highest BCUT2D eigenvalue weighted by Gasteiger charge is 2.29. The summed E-state index contributed by atoms with van der Waals surface area (Å²) in [4.78, 5) is 28.1. The van der Waals surface area contributed by atoms with Crippen molar-refractivity contribution in [1.82, 2.24) is 10.2 Å². The number of hydrogen-bond acceptors (Lipinski definition) is 4. The van der Waals surface area contributed by atoms with Crippen molar-refractivity contribution in [1.29, 1.82) is 0 Å². The maximum absolute atomic E-state index is 13.5. The number of nitrogens with one attached hydrogen (secondary N) is 1. The molecule has 0 aliphatic carbocycles. The van der Waals surface area contributed by atoms with Crippen LogP contribution in [0.4, 0.5) is 5.69 Å². The molecule has 1 N–H and O–H groups in total. The first-order chi connectivity index (χ1) is 17.0. The zero-order valence-corrected chi connectivity index (χ0v) is 23.3. The molecule has 0 aromatic heterocycles. The number of hydrogen-bond donors (Lipinski definition) is 1. The summed E-state index contributed by atoms with van der Waals surface area (Å²) >= 11 is 0. The van der Waals surface area contributed by atoms with Crippen LogP contribution in [0.2, 0.25) is 0 Å². The summed E-state index contributed by atoms with van der Waals surface area (Å²) in [6.07, 6.45) is 2.97.